The number of fused-ring (bicyclic) bond motifs is 2. The van der Waals surface area contributed by atoms with E-state index in [1.807, 2.05) is 0 Å². The van der Waals surface area contributed by atoms with Crippen LogP contribution in [0.4, 0.5) is 18.0 Å². The number of oxazole rings is 1. The maximum Gasteiger partial charge on any atom is 0.502 e. The summed E-state index contributed by atoms with van der Waals surface area (Å²) in [6.07, 6.45) is -3.53. The molecule has 3 amide bonds. The molecule has 4 aliphatic rings. The van der Waals surface area contributed by atoms with Gasteiger partial charge in [0.1, 0.15) is 24.7 Å². The number of halogens is 3. The van der Waals surface area contributed by atoms with Crippen LogP contribution in [0.15, 0.2) is 46.7 Å². The number of aliphatic hydroxyl groups is 1. The number of aromatic nitrogens is 1. The number of hydrogen-bond acceptors (Lipinski definition) is 9. The number of para-hydroxylation sites is 1. The van der Waals surface area contributed by atoms with Crippen molar-refractivity contribution in [2.45, 2.75) is 76.0 Å². The molecule has 2 saturated carbocycles. The van der Waals surface area contributed by atoms with Crippen LogP contribution in [0.2, 0.25) is 0 Å². The van der Waals surface area contributed by atoms with E-state index in [1.54, 1.807) is 31.2 Å². The summed E-state index contributed by atoms with van der Waals surface area (Å²) < 4.78 is 59.9. The zero-order chi connectivity index (χ0) is 34.1. The number of ether oxygens (including phenoxy) is 2. The molecule has 0 saturated heterocycles. The molecular formula is C32H35F3N3O8S+. The van der Waals surface area contributed by atoms with Gasteiger partial charge in [0.2, 0.25) is 11.4 Å². The van der Waals surface area contributed by atoms with Crippen LogP contribution in [0.3, 0.4) is 0 Å². The van der Waals surface area contributed by atoms with E-state index in [-0.39, 0.29) is 25.3 Å². The monoisotopic (exact) mass is 678 g/mol. The summed E-state index contributed by atoms with van der Waals surface area (Å²) in [4.78, 5) is 46.1. The number of rotatable bonds is 9. The molecule has 1 aromatic carbocycles. The van der Waals surface area contributed by atoms with Gasteiger partial charge in [-0.25, -0.2) is 14.6 Å². The number of carboxylic acids is 1. The topological polar surface area (TPSA) is 142 Å². The zero-order valence-corrected chi connectivity index (χ0v) is 26.9. The molecule has 2 aromatic rings. The van der Waals surface area contributed by atoms with Crippen molar-refractivity contribution in [2.75, 3.05) is 13.7 Å². The molecule has 15 heteroatoms. The number of carbonyl (C=O) groups is 3. The molecular weight excluding hydrogens is 643 g/mol. The quantitative estimate of drug-likeness (QED) is 0.338. The number of imide groups is 1. The number of methoxy groups -OCH3 is 1. The Balaban J connectivity index is 1.38. The normalized spacial score (nSPS) is 28.6. The molecule has 0 radical (unpaired) electrons. The number of aliphatic carboxylic acids is 1. The number of carbonyl (C=O) groups excluding carboxylic acids is 2. The van der Waals surface area contributed by atoms with E-state index in [0.29, 0.717) is 26.8 Å². The standard InChI is InChI=1S/C32H34F3N3O8S/c1-16-23-26(39)38(30(2,3)28(40)41)29(42)37(27(23)47-24(16)25-36-9-10-45-25)15-22(20-7-5-6-8-21(20)44-4)46-19-11-17-13-31(43,32(33,34)35)14-18(17)12-19/h5-10,17-19,22-23,43H,11-15H2,1-4H3/p+1/t17-,18+,19?,22?,23?,31?. The number of urea groups is 1. The highest BCUT2D eigenvalue weighted by molar-refractivity contribution is 8.22. The minimum absolute atomic E-state index is 0.165. The number of nitrogens with zero attached hydrogens (tertiary/aromatic N) is 3. The van der Waals surface area contributed by atoms with Crippen molar-refractivity contribution in [2.24, 2.45) is 17.8 Å². The van der Waals surface area contributed by atoms with Gasteiger partial charge in [-0.05, 0) is 81.7 Å². The SMILES string of the molecule is COc1ccccc1C(C[N+]1=C2SC(c3ncco3)=C(C)C2C(=O)N(C(C)(C)C(=O)O)C1=O)OC1C[C@@H]2CC(O)(C(F)(F)F)C[C@@H]2C1. The lowest BCUT2D eigenvalue weighted by molar-refractivity contribution is -0.454. The average molecular weight is 679 g/mol. The zero-order valence-electron chi connectivity index (χ0n) is 26.1. The first-order chi connectivity index (χ1) is 22.1. The third-order valence-corrected chi connectivity index (χ3v) is 11.2. The minimum atomic E-state index is -4.72. The highest BCUT2D eigenvalue weighted by atomic mass is 32.2. The molecule has 11 nitrogen and oxygen atoms in total. The fourth-order valence-corrected chi connectivity index (χ4v) is 8.66. The smallest absolute Gasteiger partial charge is 0.496 e. The van der Waals surface area contributed by atoms with Crippen molar-refractivity contribution in [3.05, 3.63) is 53.8 Å². The van der Waals surface area contributed by atoms with Gasteiger partial charge in [0.25, 0.3) is 0 Å². The van der Waals surface area contributed by atoms with Crippen LogP contribution < -0.4 is 4.74 Å². The molecule has 6 atom stereocenters. The van der Waals surface area contributed by atoms with E-state index < -0.39 is 78.0 Å². The Morgan fingerprint density at radius 3 is 2.45 bits per heavy atom. The number of carboxylic acid groups (broad SMARTS) is 1. The third-order valence-electron chi connectivity index (χ3n) is 9.83. The molecule has 1 aromatic heterocycles. The van der Waals surface area contributed by atoms with E-state index in [2.05, 4.69) is 4.98 Å². The molecule has 2 aliphatic heterocycles. The number of thioether (sulfide) groups is 1. The highest BCUT2D eigenvalue weighted by Gasteiger charge is 2.63. The Morgan fingerprint density at radius 2 is 1.87 bits per heavy atom. The molecule has 4 unspecified atom stereocenters. The summed E-state index contributed by atoms with van der Waals surface area (Å²) in [6, 6.07) is 6.13. The Bertz CT molecular complexity index is 1660. The Kier molecular flexibility index (Phi) is 8.32. The van der Waals surface area contributed by atoms with Crippen molar-refractivity contribution in [3.8, 4) is 5.75 Å². The van der Waals surface area contributed by atoms with E-state index in [0.717, 1.165) is 16.7 Å². The van der Waals surface area contributed by atoms with Gasteiger partial charge in [-0.3, -0.25) is 0 Å². The van der Waals surface area contributed by atoms with Crippen LogP contribution in [-0.4, -0.2) is 84.7 Å². The van der Waals surface area contributed by atoms with E-state index >= 15 is 0 Å². The molecule has 0 bridgehead atoms. The number of hydrogen-bond donors (Lipinski definition) is 2. The molecule has 2 fully saturated rings. The fraction of sp³-hybridized carbons (Fsp3) is 0.531. The maximum absolute atomic E-state index is 14.3. The summed E-state index contributed by atoms with van der Waals surface area (Å²) >= 11 is 1.13. The predicted molar refractivity (Wildman–Crippen MR) is 161 cm³/mol. The second-order valence-electron chi connectivity index (χ2n) is 13.1. The Morgan fingerprint density at radius 1 is 1.21 bits per heavy atom. The average Bonchev–Trinajstić information content (AvgIpc) is 3.78. The van der Waals surface area contributed by atoms with Gasteiger partial charge >= 0.3 is 24.1 Å². The predicted octanol–water partition coefficient (Wildman–Crippen LogP) is 5.25. The lowest BCUT2D eigenvalue weighted by atomic mass is 9.93. The summed E-state index contributed by atoms with van der Waals surface area (Å²) in [6.45, 7) is 4.09. The number of alkyl halides is 3. The third kappa shape index (κ3) is 5.55. The molecule has 3 heterocycles. The first kappa shape index (κ1) is 33.2. The summed E-state index contributed by atoms with van der Waals surface area (Å²) in [7, 11) is 1.48. The maximum atomic E-state index is 14.3. The summed E-state index contributed by atoms with van der Waals surface area (Å²) in [5.41, 5.74) is -3.53. The van der Waals surface area contributed by atoms with E-state index in [9.17, 15) is 37.8 Å². The van der Waals surface area contributed by atoms with Crippen LogP contribution in [0.1, 0.15) is 64.0 Å². The van der Waals surface area contributed by atoms with Crippen LogP contribution in [0, 0.1) is 17.8 Å². The van der Waals surface area contributed by atoms with Gasteiger partial charge in [-0.1, -0.05) is 18.2 Å². The van der Waals surface area contributed by atoms with Crippen molar-refractivity contribution >= 4 is 39.6 Å². The Labute approximate surface area is 272 Å². The summed E-state index contributed by atoms with van der Waals surface area (Å²) in [5, 5.41) is 20.7. The lowest BCUT2D eigenvalue weighted by Gasteiger charge is -2.33. The summed E-state index contributed by atoms with van der Waals surface area (Å²) in [5.74, 6) is -3.18. The van der Waals surface area contributed by atoms with Crippen LogP contribution >= 0.6 is 11.8 Å². The first-order valence-corrected chi connectivity index (χ1v) is 16.0. The van der Waals surface area contributed by atoms with E-state index in [4.69, 9.17) is 13.9 Å². The van der Waals surface area contributed by atoms with E-state index in [1.165, 1.54) is 38.0 Å². The molecule has 2 N–H and O–H groups in total. The van der Waals surface area contributed by atoms with Gasteiger partial charge in [0, 0.05) is 5.56 Å². The van der Waals surface area contributed by atoms with Crippen molar-refractivity contribution in [1.82, 2.24) is 9.88 Å². The minimum Gasteiger partial charge on any atom is -0.496 e. The molecule has 2 aliphatic carbocycles. The van der Waals surface area contributed by atoms with Crippen molar-refractivity contribution in [3.63, 3.8) is 0 Å². The second-order valence-corrected chi connectivity index (χ2v) is 14.1. The van der Waals surface area contributed by atoms with Crippen LogP contribution in [0.5, 0.6) is 5.75 Å². The lowest BCUT2D eigenvalue weighted by Crippen LogP contribution is -2.63. The van der Waals surface area contributed by atoms with Crippen molar-refractivity contribution in [1.29, 1.82) is 0 Å². The molecule has 6 rings (SSSR count). The van der Waals surface area contributed by atoms with Gasteiger partial charge in [0.15, 0.2) is 16.6 Å². The van der Waals surface area contributed by atoms with Gasteiger partial charge in [-0.2, -0.15) is 22.5 Å². The van der Waals surface area contributed by atoms with Gasteiger partial charge < -0.3 is 24.1 Å². The largest absolute Gasteiger partial charge is 0.502 e. The fourth-order valence-electron chi connectivity index (χ4n) is 7.32. The Hall–Kier alpha value is -3.69. The van der Waals surface area contributed by atoms with Gasteiger partial charge in [-0.15, -0.1) is 4.90 Å². The second kappa shape index (κ2) is 11.8. The van der Waals surface area contributed by atoms with Crippen molar-refractivity contribution < 1.29 is 56.2 Å². The van der Waals surface area contributed by atoms with Gasteiger partial charge in [0.05, 0.1) is 24.3 Å². The van der Waals surface area contributed by atoms with Crippen LogP contribution in [-0.2, 0) is 14.3 Å². The highest BCUT2D eigenvalue weighted by Crippen LogP contribution is 2.55. The molecule has 0 spiro atoms. The number of benzene rings is 1. The molecule has 47 heavy (non-hydrogen) atoms. The van der Waals surface area contributed by atoms with Crippen LogP contribution in [0.25, 0.3) is 4.91 Å². The molecule has 252 valence electrons. The number of amides is 3. The first-order valence-electron chi connectivity index (χ1n) is 15.2.